The van der Waals surface area contributed by atoms with Gasteiger partial charge in [-0.3, -0.25) is 0 Å². The van der Waals surface area contributed by atoms with Crippen LogP contribution < -0.4 is 0 Å². The van der Waals surface area contributed by atoms with Gasteiger partial charge in [0.05, 0.1) is 7.11 Å². The van der Waals surface area contributed by atoms with Crippen LogP contribution in [-0.2, 0) is 9.53 Å². The Kier molecular flexibility index (Phi) is 3.98. The van der Waals surface area contributed by atoms with Gasteiger partial charge in [0.25, 0.3) is 0 Å². The van der Waals surface area contributed by atoms with Crippen molar-refractivity contribution in [3.05, 3.63) is 59.7 Å². The predicted molar refractivity (Wildman–Crippen MR) is 72.2 cm³/mol. The third-order valence-corrected chi connectivity index (χ3v) is 3.34. The lowest BCUT2D eigenvalue weighted by Gasteiger charge is -2.17. The summed E-state index contributed by atoms with van der Waals surface area (Å²) in [5.41, 5.74) is 2.03. The van der Waals surface area contributed by atoms with Crippen LogP contribution in [0.25, 0.3) is 0 Å². The molecule has 2 nitrogen and oxygen atoms in total. The average Bonchev–Trinajstić information content (AvgIpc) is 2.60. The van der Waals surface area contributed by atoms with Gasteiger partial charge in [-0.05, 0) is 17.9 Å². The van der Waals surface area contributed by atoms with E-state index in [9.17, 15) is 4.79 Å². The van der Waals surface area contributed by atoms with E-state index in [0.717, 1.165) is 5.57 Å². The standard InChI is InChI=1S/C16H18O2/c1-12-11-14(16(17)18-2)9-6-10-15(12)13-7-4-3-5-8-13/h3-8,10-12,15H,9H2,1-2H3/t12-,15-/m1/s1. The van der Waals surface area contributed by atoms with E-state index < -0.39 is 0 Å². The summed E-state index contributed by atoms with van der Waals surface area (Å²) in [6, 6.07) is 10.4. The summed E-state index contributed by atoms with van der Waals surface area (Å²) in [5.74, 6) is 0.397. The van der Waals surface area contributed by atoms with Crippen LogP contribution in [0, 0.1) is 5.92 Å². The van der Waals surface area contributed by atoms with Crippen LogP contribution in [0.4, 0.5) is 0 Å². The highest BCUT2D eigenvalue weighted by atomic mass is 16.5. The quantitative estimate of drug-likeness (QED) is 0.586. The van der Waals surface area contributed by atoms with Crippen molar-refractivity contribution in [1.82, 2.24) is 0 Å². The molecule has 0 saturated heterocycles. The van der Waals surface area contributed by atoms with Gasteiger partial charge in [0, 0.05) is 11.5 Å². The topological polar surface area (TPSA) is 26.3 Å². The number of allylic oxidation sites excluding steroid dienone is 3. The maximum absolute atomic E-state index is 11.6. The molecule has 0 fully saturated rings. The summed E-state index contributed by atoms with van der Waals surface area (Å²) in [6.45, 7) is 2.14. The third-order valence-electron chi connectivity index (χ3n) is 3.34. The molecule has 1 aliphatic rings. The van der Waals surface area contributed by atoms with Crippen molar-refractivity contribution in [2.75, 3.05) is 7.11 Å². The van der Waals surface area contributed by atoms with Crippen molar-refractivity contribution in [3.63, 3.8) is 0 Å². The summed E-state index contributed by atoms with van der Waals surface area (Å²) in [6.07, 6.45) is 6.93. The number of hydrogen-bond donors (Lipinski definition) is 0. The number of rotatable bonds is 2. The largest absolute Gasteiger partial charge is 0.466 e. The fourth-order valence-corrected chi connectivity index (χ4v) is 2.38. The van der Waals surface area contributed by atoms with Crippen LogP contribution in [-0.4, -0.2) is 13.1 Å². The number of carbonyl (C=O) groups excluding carboxylic acids is 1. The van der Waals surface area contributed by atoms with Crippen molar-refractivity contribution >= 4 is 5.97 Å². The van der Waals surface area contributed by atoms with Crippen LogP contribution in [0.2, 0.25) is 0 Å². The first-order valence-corrected chi connectivity index (χ1v) is 6.23. The minimum Gasteiger partial charge on any atom is -0.466 e. The molecule has 0 N–H and O–H groups in total. The molecule has 0 radical (unpaired) electrons. The second-order valence-corrected chi connectivity index (χ2v) is 4.61. The molecule has 0 saturated carbocycles. The average molecular weight is 242 g/mol. The Labute approximate surface area is 108 Å². The lowest BCUT2D eigenvalue weighted by atomic mass is 9.87. The van der Waals surface area contributed by atoms with Crippen LogP contribution in [0.3, 0.4) is 0 Å². The normalized spacial score (nSPS) is 23.1. The van der Waals surface area contributed by atoms with Gasteiger partial charge in [0.1, 0.15) is 0 Å². The third kappa shape index (κ3) is 2.70. The Balaban J connectivity index is 2.26. The Morgan fingerprint density at radius 1 is 1.28 bits per heavy atom. The van der Waals surface area contributed by atoms with Crippen molar-refractivity contribution in [2.45, 2.75) is 19.3 Å². The predicted octanol–water partition coefficient (Wildman–Crippen LogP) is 3.47. The lowest BCUT2D eigenvalue weighted by molar-refractivity contribution is -0.136. The summed E-state index contributed by atoms with van der Waals surface area (Å²) in [5, 5.41) is 0. The van der Waals surface area contributed by atoms with E-state index in [0.29, 0.717) is 18.3 Å². The Morgan fingerprint density at radius 2 is 2.00 bits per heavy atom. The van der Waals surface area contributed by atoms with Gasteiger partial charge in [0.2, 0.25) is 0 Å². The van der Waals surface area contributed by atoms with Gasteiger partial charge < -0.3 is 4.74 Å². The molecule has 0 amide bonds. The molecule has 94 valence electrons. The molecule has 1 aromatic carbocycles. The van der Waals surface area contributed by atoms with Gasteiger partial charge in [-0.25, -0.2) is 4.79 Å². The second kappa shape index (κ2) is 5.67. The molecule has 2 rings (SSSR count). The molecule has 0 aliphatic heterocycles. The number of ether oxygens (including phenoxy) is 1. The monoisotopic (exact) mass is 242 g/mol. The summed E-state index contributed by atoms with van der Waals surface area (Å²) in [4.78, 5) is 11.6. The first kappa shape index (κ1) is 12.6. The molecular weight excluding hydrogens is 224 g/mol. The SMILES string of the molecule is COC(=O)C1=C[C@@H](C)[C@H](c2ccccc2)C=CC1. The molecule has 0 unspecified atom stereocenters. The van der Waals surface area contributed by atoms with Crippen LogP contribution >= 0.6 is 0 Å². The smallest absolute Gasteiger partial charge is 0.333 e. The van der Waals surface area contributed by atoms with Crippen molar-refractivity contribution in [3.8, 4) is 0 Å². The molecule has 1 aliphatic carbocycles. The molecule has 0 spiro atoms. The highest BCUT2D eigenvalue weighted by molar-refractivity contribution is 5.88. The van der Waals surface area contributed by atoms with Gasteiger partial charge in [-0.15, -0.1) is 0 Å². The maximum Gasteiger partial charge on any atom is 0.333 e. The number of methoxy groups -OCH3 is 1. The van der Waals surface area contributed by atoms with Gasteiger partial charge in [-0.2, -0.15) is 0 Å². The van der Waals surface area contributed by atoms with Crippen molar-refractivity contribution in [1.29, 1.82) is 0 Å². The van der Waals surface area contributed by atoms with E-state index in [4.69, 9.17) is 4.74 Å². The van der Waals surface area contributed by atoms with Crippen LogP contribution in [0.15, 0.2) is 54.1 Å². The zero-order valence-electron chi connectivity index (χ0n) is 10.8. The van der Waals surface area contributed by atoms with E-state index in [-0.39, 0.29) is 5.97 Å². The van der Waals surface area contributed by atoms with Crippen molar-refractivity contribution < 1.29 is 9.53 Å². The first-order chi connectivity index (χ1) is 8.72. The molecular formula is C16H18O2. The number of esters is 1. The van der Waals surface area contributed by atoms with Gasteiger partial charge >= 0.3 is 5.97 Å². The molecule has 1 aromatic rings. The lowest BCUT2D eigenvalue weighted by Crippen LogP contribution is -2.08. The van der Waals surface area contributed by atoms with Gasteiger partial charge in [-0.1, -0.05) is 55.5 Å². The zero-order chi connectivity index (χ0) is 13.0. The Morgan fingerprint density at radius 3 is 2.67 bits per heavy atom. The highest BCUT2D eigenvalue weighted by Crippen LogP contribution is 2.31. The molecule has 0 bridgehead atoms. The fraction of sp³-hybridized carbons (Fsp3) is 0.312. The fourth-order valence-electron chi connectivity index (χ4n) is 2.38. The Bertz CT molecular complexity index is 471. The summed E-state index contributed by atoms with van der Waals surface area (Å²) < 4.78 is 4.79. The number of hydrogen-bond acceptors (Lipinski definition) is 2. The number of carbonyl (C=O) groups is 1. The van der Waals surface area contributed by atoms with E-state index in [1.54, 1.807) is 0 Å². The minimum absolute atomic E-state index is 0.222. The van der Waals surface area contributed by atoms with E-state index in [1.165, 1.54) is 12.7 Å². The molecule has 2 heteroatoms. The minimum atomic E-state index is -0.222. The summed E-state index contributed by atoms with van der Waals surface area (Å²) in [7, 11) is 1.43. The number of benzene rings is 1. The highest BCUT2D eigenvalue weighted by Gasteiger charge is 2.20. The summed E-state index contributed by atoms with van der Waals surface area (Å²) >= 11 is 0. The van der Waals surface area contributed by atoms with Crippen LogP contribution in [0.1, 0.15) is 24.8 Å². The Hall–Kier alpha value is -1.83. The van der Waals surface area contributed by atoms with E-state index >= 15 is 0 Å². The maximum atomic E-state index is 11.6. The van der Waals surface area contributed by atoms with Crippen LogP contribution in [0.5, 0.6) is 0 Å². The second-order valence-electron chi connectivity index (χ2n) is 4.61. The molecule has 0 heterocycles. The molecule has 0 aromatic heterocycles. The van der Waals surface area contributed by atoms with Gasteiger partial charge in [0.15, 0.2) is 0 Å². The van der Waals surface area contributed by atoms with E-state index in [2.05, 4.69) is 31.2 Å². The van der Waals surface area contributed by atoms with E-state index in [1.807, 2.05) is 24.3 Å². The molecule has 2 atom stereocenters. The van der Waals surface area contributed by atoms with Crippen molar-refractivity contribution in [2.24, 2.45) is 5.92 Å². The first-order valence-electron chi connectivity index (χ1n) is 6.23. The zero-order valence-corrected chi connectivity index (χ0v) is 10.8. The molecule has 18 heavy (non-hydrogen) atoms.